The van der Waals surface area contributed by atoms with E-state index in [0.29, 0.717) is 26.0 Å². The number of aliphatic carboxylic acids is 1. The minimum Gasteiger partial charge on any atom is -0.481 e. The summed E-state index contributed by atoms with van der Waals surface area (Å²) in [6.45, 7) is 2.83. The van der Waals surface area contributed by atoms with Crippen LogP contribution < -0.4 is 0 Å². The third-order valence-electron chi connectivity index (χ3n) is 3.88. The zero-order valence-electron chi connectivity index (χ0n) is 12.2. The predicted octanol–water partition coefficient (Wildman–Crippen LogP) is 1.91. The highest BCUT2D eigenvalue weighted by atomic mass is 16.5. The van der Waals surface area contributed by atoms with Gasteiger partial charge in [-0.2, -0.15) is 0 Å². The van der Waals surface area contributed by atoms with E-state index in [1.807, 2.05) is 37.3 Å². The Balaban J connectivity index is 1.77. The molecule has 2 rings (SSSR count). The first-order valence-corrected chi connectivity index (χ1v) is 7.22. The predicted molar refractivity (Wildman–Crippen MR) is 77.6 cm³/mol. The van der Waals surface area contributed by atoms with Crippen molar-refractivity contribution in [3.8, 4) is 0 Å². The molecule has 1 aliphatic heterocycles. The highest BCUT2D eigenvalue weighted by molar-refractivity contribution is 5.78. The van der Waals surface area contributed by atoms with E-state index in [9.17, 15) is 9.59 Å². The largest absolute Gasteiger partial charge is 0.481 e. The molecular formula is C16H21NO4. The summed E-state index contributed by atoms with van der Waals surface area (Å²) < 4.78 is 5.45. The highest BCUT2D eigenvalue weighted by Gasteiger charge is 2.31. The second kappa shape index (κ2) is 7.22. The molecule has 0 spiro atoms. The number of carbonyl (C=O) groups is 2. The normalized spacial score (nSPS) is 22.0. The van der Waals surface area contributed by atoms with Gasteiger partial charge in [0, 0.05) is 12.6 Å². The van der Waals surface area contributed by atoms with Crippen molar-refractivity contribution in [1.82, 2.24) is 4.90 Å². The van der Waals surface area contributed by atoms with Crippen LogP contribution >= 0.6 is 0 Å². The molecule has 1 aromatic carbocycles. The van der Waals surface area contributed by atoms with Crippen LogP contribution in [0, 0.1) is 5.92 Å². The lowest BCUT2D eigenvalue weighted by atomic mass is 9.92. The summed E-state index contributed by atoms with van der Waals surface area (Å²) in [6.07, 6.45) is 1.03. The van der Waals surface area contributed by atoms with Crippen molar-refractivity contribution < 1.29 is 19.4 Å². The lowest BCUT2D eigenvalue weighted by Gasteiger charge is -2.36. The Morgan fingerprint density at radius 2 is 2.05 bits per heavy atom. The highest BCUT2D eigenvalue weighted by Crippen LogP contribution is 2.23. The second-order valence-electron chi connectivity index (χ2n) is 5.47. The number of nitrogens with zero attached hydrogens (tertiary/aromatic N) is 1. The van der Waals surface area contributed by atoms with Gasteiger partial charge in [0.05, 0.1) is 12.5 Å². The maximum atomic E-state index is 12.1. The van der Waals surface area contributed by atoms with Crippen LogP contribution in [0.4, 0.5) is 0 Å². The second-order valence-corrected chi connectivity index (χ2v) is 5.47. The lowest BCUT2D eigenvalue weighted by molar-refractivity contribution is -0.149. The van der Waals surface area contributed by atoms with Gasteiger partial charge in [0.2, 0.25) is 5.91 Å². The standard InChI is InChI=1S/C16H21NO4/c1-12-9-14(16(19)20)7-8-17(12)15(18)11-21-10-13-5-3-2-4-6-13/h2-6,12,14H,7-11H2,1H3,(H,19,20). The van der Waals surface area contributed by atoms with Crippen LogP contribution in [0.1, 0.15) is 25.3 Å². The number of carboxylic acid groups (broad SMARTS) is 1. The lowest BCUT2D eigenvalue weighted by Crippen LogP contribution is -2.47. The van der Waals surface area contributed by atoms with Gasteiger partial charge < -0.3 is 14.7 Å². The Morgan fingerprint density at radius 3 is 2.67 bits per heavy atom. The fraction of sp³-hybridized carbons (Fsp3) is 0.500. The topological polar surface area (TPSA) is 66.8 Å². The summed E-state index contributed by atoms with van der Waals surface area (Å²) >= 11 is 0. The van der Waals surface area contributed by atoms with E-state index >= 15 is 0 Å². The molecule has 0 aromatic heterocycles. The van der Waals surface area contributed by atoms with Crippen LogP contribution in [0.5, 0.6) is 0 Å². The van der Waals surface area contributed by atoms with Crippen LogP contribution in [-0.4, -0.2) is 41.1 Å². The molecule has 1 amide bonds. The molecule has 1 heterocycles. The van der Waals surface area contributed by atoms with Crippen LogP contribution in [0.2, 0.25) is 0 Å². The SMILES string of the molecule is CC1CC(C(=O)O)CCN1C(=O)COCc1ccccc1. The van der Waals surface area contributed by atoms with Gasteiger partial charge in [-0.1, -0.05) is 30.3 Å². The molecular weight excluding hydrogens is 270 g/mol. The molecule has 2 atom stereocenters. The maximum Gasteiger partial charge on any atom is 0.306 e. The van der Waals surface area contributed by atoms with Gasteiger partial charge in [0.1, 0.15) is 6.61 Å². The third-order valence-corrected chi connectivity index (χ3v) is 3.88. The van der Waals surface area contributed by atoms with Gasteiger partial charge in [-0.3, -0.25) is 9.59 Å². The number of piperidine rings is 1. The van der Waals surface area contributed by atoms with Gasteiger partial charge in [-0.25, -0.2) is 0 Å². The molecule has 5 nitrogen and oxygen atoms in total. The summed E-state index contributed by atoms with van der Waals surface area (Å²) in [6, 6.07) is 9.64. The number of hydrogen-bond acceptors (Lipinski definition) is 3. The molecule has 1 fully saturated rings. The molecule has 5 heteroatoms. The Labute approximate surface area is 124 Å². The first-order valence-electron chi connectivity index (χ1n) is 7.22. The average molecular weight is 291 g/mol. The Hall–Kier alpha value is -1.88. The smallest absolute Gasteiger partial charge is 0.306 e. The molecule has 114 valence electrons. The summed E-state index contributed by atoms with van der Waals surface area (Å²) in [5.74, 6) is -1.18. The molecule has 1 N–H and O–H groups in total. The molecule has 21 heavy (non-hydrogen) atoms. The van der Waals surface area contributed by atoms with Crippen molar-refractivity contribution in [2.24, 2.45) is 5.92 Å². The monoisotopic (exact) mass is 291 g/mol. The quantitative estimate of drug-likeness (QED) is 0.900. The average Bonchev–Trinajstić information content (AvgIpc) is 2.48. The molecule has 0 bridgehead atoms. The zero-order valence-corrected chi connectivity index (χ0v) is 12.2. The minimum absolute atomic E-state index is 0.0387. The molecule has 1 aromatic rings. The van der Waals surface area contributed by atoms with Crippen molar-refractivity contribution >= 4 is 11.9 Å². The molecule has 0 radical (unpaired) electrons. The number of carboxylic acids is 1. The number of rotatable bonds is 5. The fourth-order valence-corrected chi connectivity index (χ4v) is 2.68. The summed E-state index contributed by atoms with van der Waals surface area (Å²) in [7, 11) is 0. The molecule has 1 saturated heterocycles. The number of ether oxygens (including phenoxy) is 1. The van der Waals surface area contributed by atoms with E-state index in [0.717, 1.165) is 5.56 Å². The third kappa shape index (κ3) is 4.29. The van der Waals surface area contributed by atoms with Gasteiger partial charge in [-0.15, -0.1) is 0 Å². The molecule has 0 aliphatic carbocycles. The van der Waals surface area contributed by atoms with Crippen LogP contribution in [0.25, 0.3) is 0 Å². The summed E-state index contributed by atoms with van der Waals surface area (Å²) in [5.41, 5.74) is 1.03. The van der Waals surface area contributed by atoms with E-state index < -0.39 is 5.97 Å². The van der Waals surface area contributed by atoms with Crippen LogP contribution in [-0.2, 0) is 20.9 Å². The minimum atomic E-state index is -0.769. The van der Waals surface area contributed by atoms with Gasteiger partial charge in [0.25, 0.3) is 0 Å². The van der Waals surface area contributed by atoms with Crippen molar-refractivity contribution in [3.63, 3.8) is 0 Å². The fourth-order valence-electron chi connectivity index (χ4n) is 2.68. The van der Waals surface area contributed by atoms with Gasteiger partial charge >= 0.3 is 5.97 Å². The van der Waals surface area contributed by atoms with Gasteiger partial charge in [0.15, 0.2) is 0 Å². The van der Waals surface area contributed by atoms with E-state index in [1.165, 1.54) is 0 Å². The first-order chi connectivity index (χ1) is 10.1. The first kappa shape index (κ1) is 15.5. The van der Waals surface area contributed by atoms with Crippen molar-refractivity contribution in [2.45, 2.75) is 32.4 Å². The number of hydrogen-bond donors (Lipinski definition) is 1. The summed E-state index contributed by atoms with van der Waals surface area (Å²) in [4.78, 5) is 24.8. The number of benzene rings is 1. The van der Waals surface area contributed by atoms with E-state index in [-0.39, 0.29) is 24.5 Å². The summed E-state index contributed by atoms with van der Waals surface area (Å²) in [5, 5.41) is 9.02. The Bertz CT molecular complexity index is 488. The zero-order chi connectivity index (χ0) is 15.2. The Morgan fingerprint density at radius 1 is 1.33 bits per heavy atom. The van der Waals surface area contributed by atoms with Crippen LogP contribution in [0.15, 0.2) is 30.3 Å². The number of likely N-dealkylation sites (tertiary alicyclic amines) is 1. The molecule has 1 aliphatic rings. The van der Waals surface area contributed by atoms with Crippen molar-refractivity contribution in [1.29, 1.82) is 0 Å². The van der Waals surface area contributed by atoms with E-state index in [1.54, 1.807) is 4.90 Å². The maximum absolute atomic E-state index is 12.1. The molecule has 0 saturated carbocycles. The molecule has 2 unspecified atom stereocenters. The number of carbonyl (C=O) groups excluding carboxylic acids is 1. The van der Waals surface area contributed by atoms with E-state index in [2.05, 4.69) is 0 Å². The Kier molecular flexibility index (Phi) is 5.33. The van der Waals surface area contributed by atoms with E-state index in [4.69, 9.17) is 9.84 Å². The van der Waals surface area contributed by atoms with Crippen molar-refractivity contribution in [2.75, 3.05) is 13.2 Å². The van der Waals surface area contributed by atoms with Crippen molar-refractivity contribution in [3.05, 3.63) is 35.9 Å². The van der Waals surface area contributed by atoms with Crippen LogP contribution in [0.3, 0.4) is 0 Å². The van der Waals surface area contributed by atoms with Gasteiger partial charge in [-0.05, 0) is 25.3 Å². The number of amides is 1.